The fourth-order valence-corrected chi connectivity index (χ4v) is 3.35. The third kappa shape index (κ3) is 4.03. The smallest absolute Gasteiger partial charge is 0.225 e. The Morgan fingerprint density at radius 2 is 1.42 bits per heavy atom. The summed E-state index contributed by atoms with van der Waals surface area (Å²) in [6.45, 7) is 4.96. The minimum Gasteiger partial charge on any atom is -0.338 e. The number of aromatic nitrogens is 2. The van der Waals surface area contributed by atoms with Gasteiger partial charge in [0, 0.05) is 55.7 Å². The van der Waals surface area contributed by atoms with E-state index in [1.54, 1.807) is 0 Å². The fourth-order valence-electron chi connectivity index (χ4n) is 3.22. The fraction of sp³-hybridized carbons (Fsp3) is 0.238. The van der Waals surface area contributed by atoms with Gasteiger partial charge in [-0.25, -0.2) is 9.97 Å². The van der Waals surface area contributed by atoms with Crippen LogP contribution >= 0.6 is 11.6 Å². The van der Waals surface area contributed by atoms with Gasteiger partial charge in [-0.3, -0.25) is 4.90 Å². The second-order valence-corrected chi connectivity index (χ2v) is 6.96. The molecule has 0 atom stereocenters. The van der Waals surface area contributed by atoms with E-state index < -0.39 is 0 Å². The van der Waals surface area contributed by atoms with Gasteiger partial charge in [-0.05, 0) is 23.3 Å². The molecule has 0 N–H and O–H groups in total. The zero-order valence-electron chi connectivity index (χ0n) is 14.6. The lowest BCUT2D eigenvalue weighted by Gasteiger charge is -2.34. The summed E-state index contributed by atoms with van der Waals surface area (Å²) >= 11 is 5.95. The summed E-state index contributed by atoms with van der Waals surface area (Å²) in [5.74, 6) is 0.807. The van der Waals surface area contributed by atoms with Crippen LogP contribution in [0.3, 0.4) is 0 Å². The second kappa shape index (κ2) is 7.85. The second-order valence-electron chi connectivity index (χ2n) is 6.53. The zero-order chi connectivity index (χ0) is 17.8. The summed E-state index contributed by atoms with van der Waals surface area (Å²) in [5, 5.41) is 0.736. The molecule has 26 heavy (non-hydrogen) atoms. The highest BCUT2D eigenvalue weighted by Gasteiger charge is 2.19. The predicted molar refractivity (Wildman–Crippen MR) is 106 cm³/mol. The Kier molecular flexibility index (Phi) is 5.14. The van der Waals surface area contributed by atoms with Crippen molar-refractivity contribution in [2.75, 3.05) is 31.1 Å². The van der Waals surface area contributed by atoms with Crippen molar-refractivity contribution in [2.24, 2.45) is 0 Å². The molecule has 132 valence electrons. The third-order valence-corrected chi connectivity index (χ3v) is 4.97. The Hall–Kier alpha value is -2.43. The number of benzene rings is 2. The monoisotopic (exact) mass is 364 g/mol. The number of rotatable bonds is 4. The molecule has 2 aromatic carbocycles. The van der Waals surface area contributed by atoms with E-state index in [2.05, 4.69) is 50.1 Å². The zero-order valence-corrected chi connectivity index (χ0v) is 15.3. The molecular weight excluding hydrogens is 344 g/mol. The molecule has 4 nitrogen and oxygen atoms in total. The van der Waals surface area contributed by atoms with Crippen LogP contribution in [0.2, 0.25) is 5.02 Å². The number of hydrogen-bond acceptors (Lipinski definition) is 4. The number of hydrogen-bond donors (Lipinski definition) is 0. The molecule has 0 unspecified atom stereocenters. The molecule has 3 aromatic rings. The van der Waals surface area contributed by atoms with Gasteiger partial charge in [-0.2, -0.15) is 0 Å². The van der Waals surface area contributed by atoms with Crippen molar-refractivity contribution >= 4 is 17.5 Å². The van der Waals surface area contributed by atoms with E-state index in [0.29, 0.717) is 0 Å². The Morgan fingerprint density at radius 3 is 2.08 bits per heavy atom. The quantitative estimate of drug-likeness (QED) is 0.697. The molecule has 0 bridgehead atoms. The molecule has 1 saturated heterocycles. The molecule has 1 aliphatic rings. The molecular formula is C21H21ClN4. The molecule has 2 heterocycles. The van der Waals surface area contributed by atoms with Crippen LogP contribution in [0.1, 0.15) is 5.56 Å². The van der Waals surface area contributed by atoms with Crippen LogP contribution < -0.4 is 4.90 Å². The summed E-state index contributed by atoms with van der Waals surface area (Å²) in [7, 11) is 0. The van der Waals surface area contributed by atoms with Crippen molar-refractivity contribution in [1.29, 1.82) is 0 Å². The molecule has 0 radical (unpaired) electrons. The number of halogens is 1. The first-order chi connectivity index (χ1) is 12.8. The minimum atomic E-state index is 0.736. The van der Waals surface area contributed by atoms with Crippen LogP contribution in [-0.4, -0.2) is 41.0 Å². The average molecular weight is 365 g/mol. The lowest BCUT2D eigenvalue weighted by atomic mass is 10.1. The summed E-state index contributed by atoms with van der Waals surface area (Å²) in [4.78, 5) is 13.9. The molecule has 1 aromatic heterocycles. The van der Waals surface area contributed by atoms with Crippen LogP contribution in [0.15, 0.2) is 67.0 Å². The van der Waals surface area contributed by atoms with Gasteiger partial charge in [0.05, 0.1) is 0 Å². The molecule has 0 spiro atoms. The van der Waals surface area contributed by atoms with E-state index in [4.69, 9.17) is 11.6 Å². The van der Waals surface area contributed by atoms with E-state index in [9.17, 15) is 0 Å². The molecule has 1 aliphatic heterocycles. The van der Waals surface area contributed by atoms with Crippen molar-refractivity contribution < 1.29 is 0 Å². The Morgan fingerprint density at radius 1 is 0.769 bits per heavy atom. The van der Waals surface area contributed by atoms with Crippen LogP contribution in [0.5, 0.6) is 0 Å². The van der Waals surface area contributed by atoms with Gasteiger partial charge in [0.15, 0.2) is 0 Å². The maximum absolute atomic E-state index is 5.95. The minimum absolute atomic E-state index is 0.736. The SMILES string of the molecule is Clc1ccc(-c2cnc(N3CCN(Cc4ccccc4)CC3)nc2)cc1. The number of anilines is 1. The molecule has 0 aliphatic carbocycles. The first-order valence-corrected chi connectivity index (χ1v) is 9.25. The van der Waals surface area contributed by atoms with Gasteiger partial charge in [-0.1, -0.05) is 54.1 Å². The average Bonchev–Trinajstić information content (AvgIpc) is 2.70. The number of piperazine rings is 1. The van der Waals surface area contributed by atoms with Gasteiger partial charge in [0.1, 0.15) is 0 Å². The predicted octanol–water partition coefficient (Wildman–Crippen LogP) is 4.12. The first kappa shape index (κ1) is 17.0. The molecule has 0 saturated carbocycles. The first-order valence-electron chi connectivity index (χ1n) is 8.87. The Balaban J connectivity index is 1.36. The standard InChI is InChI=1S/C21H21ClN4/c22-20-8-6-18(7-9-20)19-14-23-21(24-15-19)26-12-10-25(11-13-26)16-17-4-2-1-3-5-17/h1-9,14-15H,10-13,16H2. The van der Waals surface area contributed by atoms with E-state index in [0.717, 1.165) is 54.8 Å². The van der Waals surface area contributed by atoms with Crippen LogP contribution in [0, 0.1) is 0 Å². The number of nitrogens with zero attached hydrogens (tertiary/aromatic N) is 4. The molecule has 1 fully saturated rings. The summed E-state index contributed by atoms with van der Waals surface area (Å²) < 4.78 is 0. The third-order valence-electron chi connectivity index (χ3n) is 4.72. The van der Waals surface area contributed by atoms with Gasteiger partial charge < -0.3 is 4.90 Å². The van der Waals surface area contributed by atoms with Gasteiger partial charge in [0.2, 0.25) is 5.95 Å². The largest absolute Gasteiger partial charge is 0.338 e. The summed E-state index contributed by atoms with van der Waals surface area (Å²) in [5.41, 5.74) is 3.45. The van der Waals surface area contributed by atoms with Gasteiger partial charge in [0.25, 0.3) is 0 Å². The van der Waals surface area contributed by atoms with Crippen molar-refractivity contribution in [1.82, 2.24) is 14.9 Å². The lowest BCUT2D eigenvalue weighted by molar-refractivity contribution is 0.248. The highest BCUT2D eigenvalue weighted by atomic mass is 35.5. The van der Waals surface area contributed by atoms with Gasteiger partial charge >= 0.3 is 0 Å². The summed E-state index contributed by atoms with van der Waals surface area (Å²) in [6.07, 6.45) is 3.78. The topological polar surface area (TPSA) is 32.3 Å². The molecule has 0 amide bonds. The van der Waals surface area contributed by atoms with Gasteiger partial charge in [-0.15, -0.1) is 0 Å². The van der Waals surface area contributed by atoms with Crippen molar-refractivity contribution in [2.45, 2.75) is 6.54 Å². The Labute approximate surface area is 159 Å². The summed E-state index contributed by atoms with van der Waals surface area (Å²) in [6, 6.07) is 18.4. The highest BCUT2D eigenvalue weighted by molar-refractivity contribution is 6.30. The maximum atomic E-state index is 5.95. The van der Waals surface area contributed by atoms with E-state index in [-0.39, 0.29) is 0 Å². The van der Waals surface area contributed by atoms with Crippen molar-refractivity contribution in [3.05, 3.63) is 77.6 Å². The van der Waals surface area contributed by atoms with Crippen LogP contribution in [-0.2, 0) is 6.54 Å². The lowest BCUT2D eigenvalue weighted by Crippen LogP contribution is -2.46. The molecule has 4 rings (SSSR count). The van der Waals surface area contributed by atoms with Crippen molar-refractivity contribution in [3.8, 4) is 11.1 Å². The van der Waals surface area contributed by atoms with E-state index in [1.807, 2.05) is 36.7 Å². The molecule has 5 heteroatoms. The maximum Gasteiger partial charge on any atom is 0.225 e. The normalized spacial score (nSPS) is 15.2. The Bertz CT molecular complexity index is 826. The van der Waals surface area contributed by atoms with Crippen molar-refractivity contribution in [3.63, 3.8) is 0 Å². The van der Waals surface area contributed by atoms with E-state index >= 15 is 0 Å². The van der Waals surface area contributed by atoms with Crippen LogP contribution in [0.25, 0.3) is 11.1 Å². The highest BCUT2D eigenvalue weighted by Crippen LogP contribution is 2.21. The van der Waals surface area contributed by atoms with Crippen LogP contribution in [0.4, 0.5) is 5.95 Å². The van der Waals surface area contributed by atoms with E-state index in [1.165, 1.54) is 5.56 Å².